The highest BCUT2D eigenvalue weighted by molar-refractivity contribution is 6.34. The van der Waals surface area contributed by atoms with E-state index in [-0.39, 0.29) is 5.69 Å². The summed E-state index contributed by atoms with van der Waals surface area (Å²) in [5, 5.41) is 17.7. The lowest BCUT2D eigenvalue weighted by molar-refractivity contribution is -0.384. The molecule has 5 rings (SSSR count). The maximum absolute atomic E-state index is 13.5. The number of nitro groups is 1. The predicted molar refractivity (Wildman–Crippen MR) is 120 cm³/mol. The van der Waals surface area contributed by atoms with Gasteiger partial charge in [0.25, 0.3) is 11.6 Å². The Hall–Kier alpha value is -4.04. The number of hydrazone groups is 1. The first kappa shape index (κ1) is 19.9. The number of hydrogen-bond donors (Lipinski definition) is 0. The number of imide groups is 1. The number of rotatable bonds is 4. The van der Waals surface area contributed by atoms with E-state index in [0.717, 1.165) is 4.90 Å². The van der Waals surface area contributed by atoms with Crippen molar-refractivity contribution < 1.29 is 14.5 Å². The van der Waals surface area contributed by atoms with Crippen LogP contribution in [0.15, 0.2) is 84.0 Å². The molecule has 2 aliphatic heterocycles. The molecule has 8 nitrogen and oxygen atoms in total. The van der Waals surface area contributed by atoms with Crippen molar-refractivity contribution in [3.8, 4) is 0 Å². The molecular formula is C23H15ClN4O4. The first-order valence-corrected chi connectivity index (χ1v) is 10.1. The van der Waals surface area contributed by atoms with Gasteiger partial charge in [0.2, 0.25) is 5.91 Å². The summed E-state index contributed by atoms with van der Waals surface area (Å²) in [6, 6.07) is 20.5. The number of hydrogen-bond acceptors (Lipinski definition) is 6. The minimum atomic E-state index is -0.856. The maximum Gasteiger partial charge on any atom is 0.269 e. The van der Waals surface area contributed by atoms with Gasteiger partial charge in [-0.3, -0.25) is 24.7 Å². The molecule has 0 bridgehead atoms. The zero-order valence-electron chi connectivity index (χ0n) is 16.5. The molecule has 1 fully saturated rings. The maximum atomic E-state index is 13.5. The molecule has 1 saturated heterocycles. The molecule has 3 aromatic carbocycles. The first-order chi connectivity index (χ1) is 15.5. The third-order valence-electron chi connectivity index (χ3n) is 5.53. The summed E-state index contributed by atoms with van der Waals surface area (Å²) in [5.74, 6) is -1.65. The fraction of sp³-hybridized carbons (Fsp3) is 0.0870. The molecule has 0 aromatic heterocycles. The van der Waals surface area contributed by atoms with Crippen LogP contribution in [0, 0.1) is 16.0 Å². The molecule has 2 amide bonds. The standard InChI is InChI=1S/C23H15ClN4O4/c24-15-8-12-16(13-9-15)26-22(29)19-20(14-6-10-18(11-7-14)28(31)32)25-27(21(19)23(26)30)17-4-2-1-3-5-17/h1-13,19,21H/t19-,21-/m0/s1. The van der Waals surface area contributed by atoms with E-state index in [0.29, 0.717) is 27.7 Å². The van der Waals surface area contributed by atoms with Gasteiger partial charge in [0.05, 0.1) is 22.0 Å². The number of anilines is 2. The molecule has 0 unspecified atom stereocenters. The van der Waals surface area contributed by atoms with Gasteiger partial charge >= 0.3 is 0 Å². The van der Waals surface area contributed by atoms with Crippen LogP contribution < -0.4 is 9.91 Å². The van der Waals surface area contributed by atoms with Gasteiger partial charge in [-0.2, -0.15) is 5.10 Å². The van der Waals surface area contributed by atoms with Gasteiger partial charge in [-0.25, -0.2) is 4.90 Å². The topological polar surface area (TPSA) is 96.1 Å². The number of halogens is 1. The molecule has 158 valence electrons. The average Bonchev–Trinajstić information content (AvgIpc) is 3.32. The highest BCUT2D eigenvalue weighted by Crippen LogP contribution is 2.39. The van der Waals surface area contributed by atoms with Crippen molar-refractivity contribution in [3.63, 3.8) is 0 Å². The number of nitro benzene ring substituents is 1. The normalized spacial score (nSPS) is 19.8. The Morgan fingerprint density at radius 2 is 1.50 bits per heavy atom. The molecule has 32 heavy (non-hydrogen) atoms. The minimum absolute atomic E-state index is 0.0690. The highest BCUT2D eigenvalue weighted by Gasteiger charge is 2.57. The van der Waals surface area contributed by atoms with Gasteiger partial charge in [-0.1, -0.05) is 29.8 Å². The van der Waals surface area contributed by atoms with Gasteiger partial charge < -0.3 is 0 Å². The summed E-state index contributed by atoms with van der Waals surface area (Å²) in [6.45, 7) is 0. The summed E-state index contributed by atoms with van der Waals surface area (Å²) >= 11 is 5.96. The van der Waals surface area contributed by atoms with Crippen LogP contribution >= 0.6 is 11.6 Å². The molecule has 9 heteroatoms. The SMILES string of the molecule is O=C1[C@H]2C(c3ccc([N+](=O)[O-])cc3)=NN(c3ccccc3)[C@@H]2C(=O)N1c1ccc(Cl)cc1. The number of carbonyl (C=O) groups excluding carboxylic acids is 2. The van der Waals surface area contributed by atoms with E-state index in [1.807, 2.05) is 30.3 Å². The van der Waals surface area contributed by atoms with E-state index >= 15 is 0 Å². The summed E-state index contributed by atoms with van der Waals surface area (Å²) in [5.41, 5.74) is 1.96. The zero-order chi connectivity index (χ0) is 22.4. The first-order valence-electron chi connectivity index (χ1n) is 9.76. The van der Waals surface area contributed by atoms with Gasteiger partial charge in [-0.15, -0.1) is 0 Å². The van der Waals surface area contributed by atoms with E-state index in [9.17, 15) is 19.7 Å². The molecule has 0 radical (unpaired) electrons. The molecule has 2 atom stereocenters. The molecule has 0 saturated carbocycles. The fourth-order valence-electron chi connectivity index (χ4n) is 4.05. The van der Waals surface area contributed by atoms with Crippen LogP contribution in [0.4, 0.5) is 17.1 Å². The van der Waals surface area contributed by atoms with Crippen LogP contribution in [-0.4, -0.2) is 28.5 Å². The number of benzene rings is 3. The summed E-state index contributed by atoms with van der Waals surface area (Å²) in [6.07, 6.45) is 0. The van der Waals surface area contributed by atoms with Crippen molar-refractivity contribution in [3.05, 3.63) is 99.6 Å². The third kappa shape index (κ3) is 3.12. The molecule has 0 aliphatic carbocycles. The Morgan fingerprint density at radius 1 is 0.844 bits per heavy atom. The average molecular weight is 447 g/mol. The Bertz CT molecular complexity index is 1260. The monoisotopic (exact) mass is 446 g/mol. The van der Waals surface area contributed by atoms with Gasteiger partial charge in [0.15, 0.2) is 0 Å². The fourth-order valence-corrected chi connectivity index (χ4v) is 4.17. The Labute approximate surface area is 187 Å². The molecule has 0 N–H and O–H groups in total. The van der Waals surface area contributed by atoms with Gasteiger partial charge in [0, 0.05) is 17.2 Å². The van der Waals surface area contributed by atoms with Crippen molar-refractivity contribution in [2.45, 2.75) is 6.04 Å². The van der Waals surface area contributed by atoms with Crippen LogP contribution in [0.2, 0.25) is 5.02 Å². The van der Waals surface area contributed by atoms with Crippen LogP contribution in [0.1, 0.15) is 5.56 Å². The molecule has 0 spiro atoms. The Balaban J connectivity index is 1.61. The number of fused-ring (bicyclic) bond motifs is 1. The number of carbonyl (C=O) groups is 2. The molecule has 3 aromatic rings. The molecule has 2 aliphatic rings. The predicted octanol–water partition coefficient (Wildman–Crippen LogP) is 4.03. The van der Waals surface area contributed by atoms with E-state index in [2.05, 4.69) is 5.10 Å². The van der Waals surface area contributed by atoms with Gasteiger partial charge in [0.1, 0.15) is 12.0 Å². The number of amides is 2. The lowest BCUT2D eigenvalue weighted by Crippen LogP contribution is -2.39. The van der Waals surface area contributed by atoms with Crippen molar-refractivity contribution >= 4 is 46.2 Å². The smallest absolute Gasteiger partial charge is 0.269 e. The number of para-hydroxylation sites is 1. The zero-order valence-corrected chi connectivity index (χ0v) is 17.2. The van der Waals surface area contributed by atoms with E-state index < -0.39 is 28.7 Å². The quantitative estimate of drug-likeness (QED) is 0.342. The third-order valence-corrected chi connectivity index (χ3v) is 5.78. The van der Waals surface area contributed by atoms with Crippen molar-refractivity contribution in [1.29, 1.82) is 0 Å². The Kier molecular flexibility index (Phi) is 4.71. The van der Waals surface area contributed by atoms with Crippen molar-refractivity contribution in [1.82, 2.24) is 0 Å². The molecular weight excluding hydrogens is 432 g/mol. The summed E-state index contributed by atoms with van der Waals surface area (Å²) in [4.78, 5) is 38.6. The van der Waals surface area contributed by atoms with Crippen LogP contribution in [0.5, 0.6) is 0 Å². The summed E-state index contributed by atoms with van der Waals surface area (Å²) < 4.78 is 0. The van der Waals surface area contributed by atoms with Crippen molar-refractivity contribution in [2.24, 2.45) is 11.0 Å². The van der Waals surface area contributed by atoms with Crippen LogP contribution in [-0.2, 0) is 9.59 Å². The second-order valence-electron chi connectivity index (χ2n) is 7.38. The lowest BCUT2D eigenvalue weighted by atomic mass is 9.92. The van der Waals surface area contributed by atoms with E-state index in [1.54, 1.807) is 41.4 Å². The second-order valence-corrected chi connectivity index (χ2v) is 7.82. The second kappa shape index (κ2) is 7.58. The molecule has 2 heterocycles. The Morgan fingerprint density at radius 3 is 2.12 bits per heavy atom. The van der Waals surface area contributed by atoms with E-state index in [4.69, 9.17) is 11.6 Å². The highest BCUT2D eigenvalue weighted by atomic mass is 35.5. The summed E-state index contributed by atoms with van der Waals surface area (Å²) in [7, 11) is 0. The number of nitrogens with zero attached hydrogens (tertiary/aromatic N) is 4. The largest absolute Gasteiger partial charge is 0.273 e. The minimum Gasteiger partial charge on any atom is -0.273 e. The lowest BCUT2D eigenvalue weighted by Gasteiger charge is -2.22. The number of non-ortho nitro benzene ring substituents is 1. The van der Waals surface area contributed by atoms with Crippen molar-refractivity contribution in [2.75, 3.05) is 9.91 Å². The van der Waals surface area contributed by atoms with Gasteiger partial charge in [-0.05, 0) is 54.1 Å². The van der Waals surface area contributed by atoms with E-state index in [1.165, 1.54) is 12.1 Å². The van der Waals surface area contributed by atoms with Crippen LogP contribution in [0.3, 0.4) is 0 Å². The van der Waals surface area contributed by atoms with Crippen LogP contribution in [0.25, 0.3) is 0 Å².